The van der Waals surface area contributed by atoms with E-state index in [4.69, 9.17) is 0 Å². The largest absolute Gasteiger partial charge is 0.0648 e. The van der Waals surface area contributed by atoms with Crippen molar-refractivity contribution in [3.63, 3.8) is 0 Å². The van der Waals surface area contributed by atoms with Crippen molar-refractivity contribution in [2.75, 3.05) is 0 Å². The van der Waals surface area contributed by atoms with Crippen LogP contribution in [0.2, 0.25) is 0 Å². The molecule has 0 bridgehead atoms. The SMILES string of the molecule is CCC1(C)C(C)CC1(C)C(C)C. The van der Waals surface area contributed by atoms with Crippen molar-refractivity contribution >= 4 is 0 Å². The first-order chi connectivity index (χ1) is 5.38. The Morgan fingerprint density at radius 2 is 1.83 bits per heavy atom. The van der Waals surface area contributed by atoms with Gasteiger partial charge in [-0.1, -0.05) is 41.5 Å². The van der Waals surface area contributed by atoms with Gasteiger partial charge in [-0.25, -0.2) is 0 Å². The van der Waals surface area contributed by atoms with E-state index in [2.05, 4.69) is 41.5 Å². The third-order valence-corrected chi connectivity index (χ3v) is 5.13. The van der Waals surface area contributed by atoms with Gasteiger partial charge < -0.3 is 0 Å². The van der Waals surface area contributed by atoms with Crippen molar-refractivity contribution in [1.82, 2.24) is 0 Å². The monoisotopic (exact) mass is 168 g/mol. The van der Waals surface area contributed by atoms with Crippen LogP contribution in [0.1, 0.15) is 54.4 Å². The summed E-state index contributed by atoms with van der Waals surface area (Å²) in [7, 11) is 0. The molecule has 0 heteroatoms. The lowest BCUT2D eigenvalue weighted by Crippen LogP contribution is -2.56. The van der Waals surface area contributed by atoms with E-state index in [1.54, 1.807) is 0 Å². The third-order valence-electron chi connectivity index (χ3n) is 5.13. The lowest BCUT2D eigenvalue weighted by molar-refractivity contribution is -0.145. The van der Waals surface area contributed by atoms with Gasteiger partial charge in [-0.05, 0) is 35.5 Å². The first kappa shape index (κ1) is 10.1. The molecule has 1 rings (SSSR count). The van der Waals surface area contributed by atoms with Crippen LogP contribution in [0.3, 0.4) is 0 Å². The Labute approximate surface area is 77.7 Å². The van der Waals surface area contributed by atoms with E-state index in [1.807, 2.05) is 0 Å². The van der Waals surface area contributed by atoms with Gasteiger partial charge in [0.2, 0.25) is 0 Å². The second kappa shape index (κ2) is 2.75. The maximum absolute atomic E-state index is 2.47. The zero-order valence-electron chi connectivity index (χ0n) is 9.57. The topological polar surface area (TPSA) is 0 Å². The first-order valence-corrected chi connectivity index (χ1v) is 5.38. The van der Waals surface area contributed by atoms with E-state index in [1.165, 1.54) is 12.8 Å². The minimum Gasteiger partial charge on any atom is -0.0648 e. The van der Waals surface area contributed by atoms with Crippen molar-refractivity contribution in [1.29, 1.82) is 0 Å². The van der Waals surface area contributed by atoms with Crippen molar-refractivity contribution in [3.8, 4) is 0 Å². The predicted octanol–water partition coefficient (Wildman–Crippen LogP) is 4.10. The van der Waals surface area contributed by atoms with Crippen molar-refractivity contribution < 1.29 is 0 Å². The molecule has 1 fully saturated rings. The molecule has 0 aromatic rings. The molecule has 3 atom stereocenters. The van der Waals surface area contributed by atoms with Gasteiger partial charge >= 0.3 is 0 Å². The van der Waals surface area contributed by atoms with E-state index in [9.17, 15) is 0 Å². The summed E-state index contributed by atoms with van der Waals surface area (Å²) < 4.78 is 0. The van der Waals surface area contributed by atoms with E-state index in [0.717, 1.165) is 11.8 Å². The molecule has 0 spiro atoms. The van der Waals surface area contributed by atoms with Crippen molar-refractivity contribution in [2.45, 2.75) is 54.4 Å². The maximum atomic E-state index is 2.47. The van der Waals surface area contributed by atoms with Crippen molar-refractivity contribution in [3.05, 3.63) is 0 Å². The molecule has 72 valence electrons. The molecular weight excluding hydrogens is 144 g/mol. The Morgan fingerprint density at radius 3 is 2.00 bits per heavy atom. The molecular formula is C12H24. The molecule has 0 aromatic carbocycles. The fourth-order valence-corrected chi connectivity index (χ4v) is 3.17. The highest BCUT2D eigenvalue weighted by atomic mass is 14.6. The van der Waals surface area contributed by atoms with Crippen LogP contribution in [0.5, 0.6) is 0 Å². The van der Waals surface area contributed by atoms with Crippen LogP contribution in [0, 0.1) is 22.7 Å². The summed E-state index contributed by atoms with van der Waals surface area (Å²) in [5.41, 5.74) is 1.20. The molecule has 0 saturated heterocycles. The van der Waals surface area contributed by atoms with Crippen LogP contribution in [0.4, 0.5) is 0 Å². The van der Waals surface area contributed by atoms with Gasteiger partial charge in [0.1, 0.15) is 0 Å². The van der Waals surface area contributed by atoms with E-state index in [0.29, 0.717) is 10.8 Å². The first-order valence-electron chi connectivity index (χ1n) is 5.38. The molecule has 0 nitrogen and oxygen atoms in total. The van der Waals surface area contributed by atoms with Crippen LogP contribution in [0.15, 0.2) is 0 Å². The van der Waals surface area contributed by atoms with Gasteiger partial charge in [0.05, 0.1) is 0 Å². The van der Waals surface area contributed by atoms with Crippen LogP contribution in [0.25, 0.3) is 0 Å². The quantitative estimate of drug-likeness (QED) is 0.582. The summed E-state index contributed by atoms with van der Waals surface area (Å²) in [5.74, 6) is 1.76. The second-order valence-corrected chi connectivity index (χ2v) is 5.45. The summed E-state index contributed by atoms with van der Waals surface area (Å²) in [6.45, 7) is 14.5. The highest BCUT2D eigenvalue weighted by Crippen LogP contribution is 2.65. The Hall–Kier alpha value is 0. The third kappa shape index (κ3) is 0.963. The standard InChI is InChI=1S/C12H24/c1-7-11(5)10(4)8-12(11,6)9(2)3/h9-10H,7-8H2,1-6H3. The molecule has 1 saturated carbocycles. The summed E-state index contributed by atoms with van der Waals surface area (Å²) in [6.07, 6.45) is 2.76. The highest BCUT2D eigenvalue weighted by Gasteiger charge is 2.57. The lowest BCUT2D eigenvalue weighted by Gasteiger charge is -2.63. The maximum Gasteiger partial charge on any atom is -0.0244 e. The second-order valence-electron chi connectivity index (χ2n) is 5.45. The van der Waals surface area contributed by atoms with Gasteiger partial charge in [-0.3, -0.25) is 0 Å². The summed E-state index contributed by atoms with van der Waals surface area (Å²) in [4.78, 5) is 0. The van der Waals surface area contributed by atoms with Crippen LogP contribution in [-0.4, -0.2) is 0 Å². The van der Waals surface area contributed by atoms with Gasteiger partial charge in [-0.2, -0.15) is 0 Å². The zero-order valence-corrected chi connectivity index (χ0v) is 9.57. The van der Waals surface area contributed by atoms with E-state index in [-0.39, 0.29) is 0 Å². The molecule has 1 aliphatic rings. The van der Waals surface area contributed by atoms with E-state index >= 15 is 0 Å². The zero-order chi connectivity index (χ0) is 9.57. The Kier molecular flexibility index (Phi) is 2.31. The van der Waals surface area contributed by atoms with E-state index < -0.39 is 0 Å². The molecule has 3 unspecified atom stereocenters. The Balaban J connectivity index is 2.84. The van der Waals surface area contributed by atoms with Crippen LogP contribution in [-0.2, 0) is 0 Å². The molecule has 1 aliphatic carbocycles. The minimum atomic E-state index is 0.598. The predicted molar refractivity (Wildman–Crippen MR) is 55.1 cm³/mol. The Morgan fingerprint density at radius 1 is 1.33 bits per heavy atom. The fourth-order valence-electron chi connectivity index (χ4n) is 3.17. The van der Waals surface area contributed by atoms with Gasteiger partial charge in [0.15, 0.2) is 0 Å². The Bertz CT molecular complexity index is 162. The molecule has 0 radical (unpaired) electrons. The van der Waals surface area contributed by atoms with Gasteiger partial charge in [0.25, 0.3) is 0 Å². The number of rotatable bonds is 2. The van der Waals surface area contributed by atoms with Gasteiger partial charge in [-0.15, -0.1) is 0 Å². The van der Waals surface area contributed by atoms with Crippen LogP contribution < -0.4 is 0 Å². The highest BCUT2D eigenvalue weighted by molar-refractivity contribution is 5.06. The molecule has 0 amide bonds. The summed E-state index contributed by atoms with van der Waals surface area (Å²) in [5, 5.41) is 0. The fraction of sp³-hybridized carbons (Fsp3) is 1.00. The minimum absolute atomic E-state index is 0.598. The smallest absolute Gasteiger partial charge is 0.0244 e. The molecule has 0 heterocycles. The van der Waals surface area contributed by atoms with Crippen LogP contribution >= 0.6 is 0 Å². The van der Waals surface area contributed by atoms with Gasteiger partial charge in [0, 0.05) is 0 Å². The summed E-state index contributed by atoms with van der Waals surface area (Å²) in [6, 6.07) is 0. The number of hydrogen-bond donors (Lipinski definition) is 0. The molecule has 0 aliphatic heterocycles. The molecule has 0 aromatic heterocycles. The average molecular weight is 168 g/mol. The molecule has 0 N–H and O–H groups in total. The number of hydrogen-bond acceptors (Lipinski definition) is 0. The van der Waals surface area contributed by atoms with Crippen molar-refractivity contribution in [2.24, 2.45) is 22.7 Å². The molecule has 12 heavy (non-hydrogen) atoms. The lowest BCUT2D eigenvalue weighted by atomic mass is 9.41. The summed E-state index contributed by atoms with van der Waals surface area (Å²) >= 11 is 0. The average Bonchev–Trinajstić information content (AvgIpc) is 2.02. The normalized spacial score (nSPS) is 47.8.